The Morgan fingerprint density at radius 1 is 1.35 bits per heavy atom. The predicted octanol–water partition coefficient (Wildman–Crippen LogP) is 2.42. The highest BCUT2D eigenvalue weighted by Gasteiger charge is 2.40. The van der Waals surface area contributed by atoms with Gasteiger partial charge in [0, 0.05) is 19.7 Å². The molecule has 4 nitrogen and oxygen atoms in total. The molecule has 2 N–H and O–H groups in total. The summed E-state index contributed by atoms with van der Waals surface area (Å²) in [6.45, 7) is 6.68. The van der Waals surface area contributed by atoms with Gasteiger partial charge >= 0.3 is 6.09 Å². The lowest BCUT2D eigenvalue weighted by Crippen LogP contribution is -2.49. The SMILES string of the molecule is CN(C(=O)O)[C@@H]1CC[C@@H](CO)CC1C(C)(C)C. The Hall–Kier alpha value is -0.770. The van der Waals surface area contributed by atoms with Crippen LogP contribution in [0.2, 0.25) is 0 Å². The number of aliphatic hydroxyl groups excluding tert-OH is 1. The molecular weight excluding hydrogens is 218 g/mol. The molecule has 4 heteroatoms. The maximum Gasteiger partial charge on any atom is 0.407 e. The third kappa shape index (κ3) is 3.35. The number of nitrogens with zero attached hydrogens (tertiary/aromatic N) is 1. The van der Waals surface area contributed by atoms with Crippen LogP contribution in [-0.2, 0) is 0 Å². The number of amides is 1. The second-order valence-corrected chi connectivity index (χ2v) is 6.29. The van der Waals surface area contributed by atoms with Gasteiger partial charge in [-0.2, -0.15) is 0 Å². The monoisotopic (exact) mass is 243 g/mol. The molecular formula is C13H25NO3. The van der Waals surface area contributed by atoms with E-state index in [0.29, 0.717) is 11.8 Å². The maximum absolute atomic E-state index is 11.1. The number of carboxylic acid groups (broad SMARTS) is 1. The minimum absolute atomic E-state index is 0.0716. The Labute approximate surface area is 104 Å². The molecule has 17 heavy (non-hydrogen) atoms. The van der Waals surface area contributed by atoms with Crippen molar-refractivity contribution in [2.45, 2.75) is 46.1 Å². The van der Waals surface area contributed by atoms with Crippen LogP contribution in [0, 0.1) is 17.3 Å². The average molecular weight is 243 g/mol. The van der Waals surface area contributed by atoms with Crippen LogP contribution in [-0.4, -0.2) is 40.9 Å². The summed E-state index contributed by atoms with van der Waals surface area (Å²) in [7, 11) is 1.66. The van der Waals surface area contributed by atoms with Crippen LogP contribution in [0.15, 0.2) is 0 Å². The van der Waals surface area contributed by atoms with Gasteiger partial charge in [-0.1, -0.05) is 20.8 Å². The molecule has 1 amide bonds. The Balaban J connectivity index is 2.85. The van der Waals surface area contributed by atoms with Crippen LogP contribution >= 0.6 is 0 Å². The summed E-state index contributed by atoms with van der Waals surface area (Å²) in [4.78, 5) is 12.5. The van der Waals surface area contributed by atoms with E-state index in [0.717, 1.165) is 19.3 Å². The highest BCUT2D eigenvalue weighted by atomic mass is 16.4. The predicted molar refractivity (Wildman–Crippen MR) is 66.9 cm³/mol. The second kappa shape index (κ2) is 5.25. The molecule has 0 bridgehead atoms. The molecule has 1 fully saturated rings. The van der Waals surface area contributed by atoms with E-state index in [9.17, 15) is 9.90 Å². The van der Waals surface area contributed by atoms with Gasteiger partial charge in [0.1, 0.15) is 0 Å². The van der Waals surface area contributed by atoms with Gasteiger partial charge in [0.05, 0.1) is 0 Å². The fourth-order valence-corrected chi connectivity index (χ4v) is 2.94. The third-order valence-corrected chi connectivity index (χ3v) is 4.09. The molecule has 0 heterocycles. The first-order valence-electron chi connectivity index (χ1n) is 6.34. The van der Waals surface area contributed by atoms with Gasteiger partial charge in [-0.05, 0) is 36.5 Å². The average Bonchev–Trinajstić information content (AvgIpc) is 2.26. The van der Waals surface area contributed by atoms with Crippen LogP contribution < -0.4 is 0 Å². The topological polar surface area (TPSA) is 60.8 Å². The van der Waals surface area contributed by atoms with Crippen LogP contribution in [0.3, 0.4) is 0 Å². The zero-order chi connectivity index (χ0) is 13.2. The van der Waals surface area contributed by atoms with E-state index in [4.69, 9.17) is 5.11 Å². The largest absolute Gasteiger partial charge is 0.465 e. The number of carbonyl (C=O) groups is 1. The summed E-state index contributed by atoms with van der Waals surface area (Å²) in [6, 6.07) is 0.0790. The number of aliphatic hydroxyl groups is 1. The smallest absolute Gasteiger partial charge is 0.407 e. The Morgan fingerprint density at radius 2 is 1.94 bits per heavy atom. The highest BCUT2D eigenvalue weighted by Crippen LogP contribution is 2.42. The number of rotatable bonds is 2. The van der Waals surface area contributed by atoms with Crippen molar-refractivity contribution >= 4 is 6.09 Å². The lowest BCUT2D eigenvalue weighted by molar-refractivity contribution is 0.0241. The van der Waals surface area contributed by atoms with Crippen LogP contribution in [0.5, 0.6) is 0 Å². The molecule has 0 aromatic heterocycles. The van der Waals surface area contributed by atoms with Crippen LogP contribution in [0.25, 0.3) is 0 Å². The van der Waals surface area contributed by atoms with E-state index in [2.05, 4.69) is 20.8 Å². The van der Waals surface area contributed by atoms with Crippen molar-refractivity contribution in [2.75, 3.05) is 13.7 Å². The summed E-state index contributed by atoms with van der Waals surface area (Å²) in [6.07, 6.45) is 1.84. The van der Waals surface area contributed by atoms with E-state index < -0.39 is 6.09 Å². The van der Waals surface area contributed by atoms with Crippen molar-refractivity contribution in [1.29, 1.82) is 0 Å². The fourth-order valence-electron chi connectivity index (χ4n) is 2.94. The van der Waals surface area contributed by atoms with E-state index in [1.54, 1.807) is 7.05 Å². The standard InChI is InChI=1S/C13H25NO3/c1-13(2,3)10-7-9(8-15)5-6-11(10)14(4)12(16)17/h9-11,15H,5-8H2,1-4H3,(H,16,17)/t9-,10?,11-/m1/s1. The first kappa shape index (κ1) is 14.3. The summed E-state index contributed by atoms with van der Waals surface area (Å²) in [5.41, 5.74) is 0.0716. The van der Waals surface area contributed by atoms with Crippen molar-refractivity contribution in [2.24, 2.45) is 17.3 Å². The van der Waals surface area contributed by atoms with Crippen molar-refractivity contribution < 1.29 is 15.0 Å². The lowest BCUT2D eigenvalue weighted by atomic mass is 9.66. The van der Waals surface area contributed by atoms with Gasteiger partial charge in [0.25, 0.3) is 0 Å². The zero-order valence-corrected chi connectivity index (χ0v) is 11.3. The Kier molecular flexibility index (Phi) is 4.42. The molecule has 100 valence electrons. The minimum Gasteiger partial charge on any atom is -0.465 e. The second-order valence-electron chi connectivity index (χ2n) is 6.29. The van der Waals surface area contributed by atoms with Crippen LogP contribution in [0.4, 0.5) is 4.79 Å². The molecule has 1 aliphatic carbocycles. The van der Waals surface area contributed by atoms with Gasteiger partial charge in [-0.15, -0.1) is 0 Å². The normalized spacial score (nSPS) is 30.1. The maximum atomic E-state index is 11.1. The van der Waals surface area contributed by atoms with Crippen molar-refractivity contribution in [3.05, 3.63) is 0 Å². The molecule has 0 aromatic rings. The molecule has 1 saturated carbocycles. The molecule has 0 aromatic carbocycles. The van der Waals surface area contributed by atoms with Gasteiger partial charge in [-0.25, -0.2) is 4.79 Å². The summed E-state index contributed by atoms with van der Waals surface area (Å²) in [5, 5.41) is 18.4. The van der Waals surface area contributed by atoms with Gasteiger partial charge in [0.15, 0.2) is 0 Å². The van der Waals surface area contributed by atoms with Crippen molar-refractivity contribution in [3.8, 4) is 0 Å². The molecule has 1 unspecified atom stereocenters. The van der Waals surface area contributed by atoms with Crippen molar-refractivity contribution in [1.82, 2.24) is 4.90 Å². The summed E-state index contributed by atoms with van der Waals surface area (Å²) in [5.74, 6) is 0.646. The van der Waals surface area contributed by atoms with Gasteiger partial charge in [-0.3, -0.25) is 0 Å². The molecule has 3 atom stereocenters. The third-order valence-electron chi connectivity index (χ3n) is 4.09. The van der Waals surface area contributed by atoms with E-state index in [1.807, 2.05) is 0 Å². The molecule has 0 spiro atoms. The van der Waals surface area contributed by atoms with Crippen LogP contribution in [0.1, 0.15) is 40.0 Å². The fraction of sp³-hybridized carbons (Fsp3) is 0.923. The lowest BCUT2D eigenvalue weighted by Gasteiger charge is -2.45. The van der Waals surface area contributed by atoms with E-state index in [-0.39, 0.29) is 18.1 Å². The Morgan fingerprint density at radius 3 is 2.35 bits per heavy atom. The minimum atomic E-state index is -0.855. The van der Waals surface area contributed by atoms with E-state index in [1.165, 1.54) is 4.90 Å². The number of hydrogen-bond acceptors (Lipinski definition) is 2. The molecule has 0 radical (unpaired) electrons. The molecule has 1 rings (SSSR count). The van der Waals surface area contributed by atoms with Gasteiger partial charge < -0.3 is 15.1 Å². The first-order valence-corrected chi connectivity index (χ1v) is 6.34. The molecule has 0 aliphatic heterocycles. The van der Waals surface area contributed by atoms with Gasteiger partial charge in [0.2, 0.25) is 0 Å². The Bertz CT molecular complexity index is 272. The molecule has 1 aliphatic rings. The first-order chi connectivity index (χ1) is 7.77. The quantitative estimate of drug-likeness (QED) is 0.783. The van der Waals surface area contributed by atoms with Crippen molar-refractivity contribution in [3.63, 3.8) is 0 Å². The van der Waals surface area contributed by atoms with E-state index >= 15 is 0 Å². The number of hydrogen-bond donors (Lipinski definition) is 2. The summed E-state index contributed by atoms with van der Waals surface area (Å²) < 4.78 is 0. The highest BCUT2D eigenvalue weighted by molar-refractivity contribution is 5.65. The molecule has 0 saturated heterocycles. The summed E-state index contributed by atoms with van der Waals surface area (Å²) >= 11 is 0. The zero-order valence-electron chi connectivity index (χ0n) is 11.3.